The van der Waals surface area contributed by atoms with Gasteiger partial charge in [-0.2, -0.15) is 0 Å². The van der Waals surface area contributed by atoms with Crippen molar-refractivity contribution in [1.29, 1.82) is 0 Å². The summed E-state index contributed by atoms with van der Waals surface area (Å²) < 4.78 is 41.0. The zero-order valence-electron chi connectivity index (χ0n) is 12.0. The highest BCUT2D eigenvalue weighted by Crippen LogP contribution is 2.19. The van der Waals surface area contributed by atoms with Crippen molar-refractivity contribution in [3.8, 4) is 0 Å². The van der Waals surface area contributed by atoms with Crippen molar-refractivity contribution in [3.05, 3.63) is 37.4 Å². The summed E-state index contributed by atoms with van der Waals surface area (Å²) in [5, 5.41) is 0. The van der Waals surface area contributed by atoms with Crippen LogP contribution in [0.2, 0.25) is 0 Å². The molecular weight excluding hydrogens is 269 g/mol. The fourth-order valence-corrected chi connectivity index (χ4v) is 1.57. The van der Waals surface area contributed by atoms with Crippen molar-refractivity contribution < 1.29 is 22.3 Å². The van der Waals surface area contributed by atoms with Crippen molar-refractivity contribution in [2.75, 3.05) is 0 Å². The van der Waals surface area contributed by atoms with E-state index in [0.717, 1.165) is 19.1 Å². The molecule has 0 saturated carbocycles. The van der Waals surface area contributed by atoms with E-state index in [1.165, 1.54) is 30.7 Å². The van der Waals surface area contributed by atoms with Crippen LogP contribution in [0, 0.1) is 0 Å². The van der Waals surface area contributed by atoms with Gasteiger partial charge in [0.1, 0.15) is 24.8 Å². The van der Waals surface area contributed by atoms with Crippen molar-refractivity contribution in [3.63, 3.8) is 0 Å². The van der Waals surface area contributed by atoms with E-state index in [-0.39, 0.29) is 4.57 Å². The first-order chi connectivity index (χ1) is 9.32. The minimum Gasteiger partial charge on any atom is -0.240 e. The normalized spacial score (nSPS) is 11.1. The predicted octanol–water partition coefficient (Wildman–Crippen LogP) is 1.90. The quantitative estimate of drug-likeness (QED) is 0.769. The van der Waals surface area contributed by atoms with Crippen molar-refractivity contribution in [1.82, 2.24) is 9.13 Å². The lowest BCUT2D eigenvalue weighted by Crippen LogP contribution is -2.26. The molecule has 0 N–H and O–H groups in total. The largest absolute Gasteiger partial charge is 0.567 e. The van der Waals surface area contributed by atoms with Crippen LogP contribution in [0.1, 0.15) is 19.8 Å². The van der Waals surface area contributed by atoms with E-state index in [0.29, 0.717) is 0 Å². The summed E-state index contributed by atoms with van der Waals surface area (Å²) in [4.78, 5) is 0. The number of halogens is 3. The van der Waals surface area contributed by atoms with Crippen molar-refractivity contribution >= 4 is 0 Å². The molecule has 0 radical (unpaired) electrons. The van der Waals surface area contributed by atoms with Crippen molar-refractivity contribution in [2.45, 2.75) is 32.6 Å². The van der Waals surface area contributed by atoms with Gasteiger partial charge < -0.3 is 0 Å². The molecule has 0 saturated heterocycles. The fourth-order valence-electron chi connectivity index (χ4n) is 1.57. The summed E-state index contributed by atoms with van der Waals surface area (Å²) >= 11 is 0. The van der Waals surface area contributed by atoms with Gasteiger partial charge >= 0.3 is 6.30 Å². The standard InChI is InChI=1S/C8H15N2.C5H6F3N2/c1-3-4-5-10-7-6-9(2)8-10;1-9-2-3-10(4-9)5(6,7)8/h6-8H,3-5H2,1-2H3;2-4H,1H3/q2*+1. The van der Waals surface area contributed by atoms with Gasteiger partial charge in [-0.05, 0) is 6.42 Å². The molecule has 20 heavy (non-hydrogen) atoms. The molecule has 0 fully saturated rings. The summed E-state index contributed by atoms with van der Waals surface area (Å²) in [7, 11) is 3.57. The van der Waals surface area contributed by atoms with Gasteiger partial charge in [0.05, 0.1) is 20.6 Å². The Hall–Kier alpha value is -1.79. The van der Waals surface area contributed by atoms with Crippen molar-refractivity contribution in [2.24, 2.45) is 14.1 Å². The molecule has 2 aromatic heterocycles. The van der Waals surface area contributed by atoms with Crippen LogP contribution in [0.25, 0.3) is 0 Å². The predicted molar refractivity (Wildman–Crippen MR) is 67.4 cm³/mol. The molecule has 2 aromatic rings. The van der Waals surface area contributed by atoms with Crippen LogP contribution >= 0.6 is 0 Å². The molecule has 0 spiro atoms. The topological polar surface area (TPSA) is 17.6 Å². The van der Waals surface area contributed by atoms with Gasteiger partial charge in [-0.1, -0.05) is 13.3 Å². The Morgan fingerprint density at radius 2 is 1.60 bits per heavy atom. The molecule has 0 aromatic carbocycles. The average Bonchev–Trinajstić information content (AvgIpc) is 2.96. The molecule has 0 unspecified atom stereocenters. The van der Waals surface area contributed by atoms with Gasteiger partial charge in [-0.3, -0.25) is 0 Å². The molecule has 7 heteroatoms. The second-order valence-electron chi connectivity index (χ2n) is 4.62. The highest BCUT2D eigenvalue weighted by Gasteiger charge is 2.36. The van der Waals surface area contributed by atoms with Gasteiger partial charge in [0, 0.05) is 0 Å². The number of alkyl halides is 3. The molecule has 112 valence electrons. The lowest BCUT2D eigenvalue weighted by molar-refractivity contribution is -0.672. The Balaban J connectivity index is 0.000000200. The summed E-state index contributed by atoms with van der Waals surface area (Å²) in [6.45, 7) is 3.36. The number of aromatic nitrogens is 4. The maximum absolute atomic E-state index is 11.8. The summed E-state index contributed by atoms with van der Waals surface area (Å²) in [6, 6.07) is 0. The third kappa shape index (κ3) is 5.46. The Bertz CT molecular complexity index is 514. The number of hydrogen-bond donors (Lipinski definition) is 0. The van der Waals surface area contributed by atoms with Gasteiger partial charge in [-0.15, -0.1) is 17.7 Å². The summed E-state index contributed by atoms with van der Waals surface area (Å²) in [6.07, 6.45) is 7.77. The minimum atomic E-state index is -4.29. The first-order valence-corrected chi connectivity index (χ1v) is 6.44. The van der Waals surface area contributed by atoms with Crippen LogP contribution in [0.5, 0.6) is 0 Å². The van der Waals surface area contributed by atoms with Crippen LogP contribution in [0.4, 0.5) is 13.2 Å². The minimum absolute atomic E-state index is 0.188. The number of unbranched alkanes of at least 4 members (excludes halogenated alkanes) is 1. The van der Waals surface area contributed by atoms with E-state index < -0.39 is 6.30 Å². The summed E-state index contributed by atoms with van der Waals surface area (Å²) in [5.41, 5.74) is 0. The van der Waals surface area contributed by atoms with Crippen LogP contribution in [0.3, 0.4) is 0 Å². The lowest BCUT2D eigenvalue weighted by atomic mass is 10.3. The second kappa shape index (κ2) is 7.12. The van der Waals surface area contributed by atoms with Crippen LogP contribution < -0.4 is 9.13 Å². The third-order valence-electron chi connectivity index (χ3n) is 2.66. The van der Waals surface area contributed by atoms with Crippen LogP contribution in [-0.4, -0.2) is 9.13 Å². The maximum atomic E-state index is 11.8. The molecule has 0 aliphatic carbocycles. The number of rotatable bonds is 3. The van der Waals surface area contributed by atoms with E-state index in [2.05, 4.69) is 34.8 Å². The van der Waals surface area contributed by atoms with E-state index in [9.17, 15) is 13.2 Å². The summed E-state index contributed by atoms with van der Waals surface area (Å²) in [5.74, 6) is 0. The third-order valence-corrected chi connectivity index (χ3v) is 2.66. The van der Waals surface area contributed by atoms with E-state index >= 15 is 0 Å². The molecular formula is C13H21F3N4+2. The van der Waals surface area contributed by atoms with E-state index in [1.807, 2.05) is 7.05 Å². The molecule has 0 aliphatic heterocycles. The highest BCUT2D eigenvalue weighted by molar-refractivity contribution is 4.68. The molecule has 0 atom stereocenters. The van der Waals surface area contributed by atoms with Gasteiger partial charge in [0.15, 0.2) is 0 Å². The van der Waals surface area contributed by atoms with E-state index in [1.54, 1.807) is 0 Å². The molecule has 0 bridgehead atoms. The maximum Gasteiger partial charge on any atom is 0.567 e. The Morgan fingerprint density at radius 3 is 1.95 bits per heavy atom. The zero-order chi connectivity index (χ0) is 15.2. The van der Waals surface area contributed by atoms with E-state index in [4.69, 9.17) is 0 Å². The first-order valence-electron chi connectivity index (χ1n) is 6.44. The first kappa shape index (κ1) is 16.3. The number of aryl methyl sites for hydroxylation is 3. The molecule has 4 nitrogen and oxygen atoms in total. The molecule has 0 aliphatic rings. The Morgan fingerprint density at radius 1 is 1.00 bits per heavy atom. The van der Waals surface area contributed by atoms with Crippen LogP contribution in [-0.2, 0) is 26.9 Å². The molecule has 0 amide bonds. The average molecular weight is 290 g/mol. The number of hydrogen-bond acceptors (Lipinski definition) is 0. The molecule has 2 rings (SSSR count). The van der Waals surface area contributed by atoms with Gasteiger partial charge in [0.25, 0.3) is 6.33 Å². The Kier molecular flexibility index (Phi) is 5.79. The van der Waals surface area contributed by atoms with Crippen LogP contribution in [0.15, 0.2) is 37.4 Å². The fraction of sp³-hybridized carbons (Fsp3) is 0.538. The number of imidazole rings is 2. The lowest BCUT2D eigenvalue weighted by Gasteiger charge is -1.97. The SMILES string of the molecule is CCCCn1cc[n+](C)c1.C[n+]1ccn(C(F)(F)F)c1. The second-order valence-corrected chi connectivity index (χ2v) is 4.62. The molecule has 2 heterocycles. The highest BCUT2D eigenvalue weighted by atomic mass is 19.4. The zero-order valence-corrected chi connectivity index (χ0v) is 12.0. The smallest absolute Gasteiger partial charge is 0.240 e. The monoisotopic (exact) mass is 290 g/mol. The van der Waals surface area contributed by atoms with Gasteiger partial charge in [0.2, 0.25) is 6.33 Å². The Labute approximate surface area is 116 Å². The number of nitrogens with zero attached hydrogens (tertiary/aromatic N) is 4. The van der Waals surface area contributed by atoms with Gasteiger partial charge in [-0.25, -0.2) is 13.7 Å².